The molecule has 4 rings (SSSR count). The lowest BCUT2D eigenvalue weighted by Gasteiger charge is -2.01. The van der Waals surface area contributed by atoms with E-state index in [2.05, 4.69) is 25.5 Å². The van der Waals surface area contributed by atoms with Gasteiger partial charge in [0.25, 0.3) is 5.91 Å². The van der Waals surface area contributed by atoms with E-state index in [0.29, 0.717) is 30.2 Å². The zero-order valence-electron chi connectivity index (χ0n) is 14.9. The number of H-pyrrole nitrogens is 1. The van der Waals surface area contributed by atoms with E-state index in [0.717, 1.165) is 28.8 Å². The first-order valence-corrected chi connectivity index (χ1v) is 8.80. The molecule has 0 bridgehead atoms. The summed E-state index contributed by atoms with van der Waals surface area (Å²) in [4.78, 5) is 20.9. The van der Waals surface area contributed by atoms with E-state index >= 15 is 0 Å². The quantitative estimate of drug-likeness (QED) is 0.514. The van der Waals surface area contributed by atoms with E-state index in [1.165, 1.54) is 0 Å². The Kier molecular flexibility index (Phi) is 4.65. The van der Waals surface area contributed by atoms with Crippen molar-refractivity contribution in [2.45, 2.75) is 19.8 Å². The minimum atomic E-state index is -0.196. The number of carbonyl (C=O) groups excluding carboxylic acids is 1. The topological polar surface area (TPSA) is 96.7 Å². The molecule has 1 amide bonds. The molecule has 0 fully saturated rings. The molecule has 0 aliphatic carbocycles. The molecule has 136 valence electrons. The van der Waals surface area contributed by atoms with Crippen LogP contribution in [-0.2, 0) is 6.42 Å². The Morgan fingerprint density at radius 2 is 2.11 bits per heavy atom. The number of aromatic nitrogens is 4. The number of hydrogen-bond donors (Lipinski definition) is 2. The maximum atomic E-state index is 12.2. The molecule has 7 nitrogen and oxygen atoms in total. The van der Waals surface area contributed by atoms with Gasteiger partial charge in [0.15, 0.2) is 11.5 Å². The normalized spacial score (nSPS) is 11.0. The summed E-state index contributed by atoms with van der Waals surface area (Å²) in [5.74, 6) is 0.488. The van der Waals surface area contributed by atoms with Gasteiger partial charge in [0.2, 0.25) is 0 Å². The van der Waals surface area contributed by atoms with Gasteiger partial charge in [0.1, 0.15) is 16.9 Å². The van der Waals surface area contributed by atoms with E-state index in [1.807, 2.05) is 43.3 Å². The summed E-state index contributed by atoms with van der Waals surface area (Å²) in [5, 5.41) is 9.77. The molecule has 0 aliphatic heterocycles. The summed E-state index contributed by atoms with van der Waals surface area (Å²) < 4.78 is 5.75. The SMILES string of the molecule is Cc1ccc2nc(CCCNC(=O)c3cc(-c4ccccn4)n[nH]3)oc2c1. The Hall–Kier alpha value is -3.48. The minimum absolute atomic E-state index is 0.196. The number of aryl methyl sites for hydroxylation is 2. The molecule has 0 atom stereocenters. The van der Waals surface area contributed by atoms with Crippen LogP contribution in [0.5, 0.6) is 0 Å². The monoisotopic (exact) mass is 361 g/mol. The fourth-order valence-corrected chi connectivity index (χ4v) is 2.81. The minimum Gasteiger partial charge on any atom is -0.441 e. The smallest absolute Gasteiger partial charge is 0.269 e. The Morgan fingerprint density at radius 1 is 1.19 bits per heavy atom. The number of rotatable bonds is 6. The van der Waals surface area contributed by atoms with Crippen molar-refractivity contribution < 1.29 is 9.21 Å². The van der Waals surface area contributed by atoms with Gasteiger partial charge < -0.3 is 9.73 Å². The predicted octanol–water partition coefficient (Wildman–Crippen LogP) is 3.28. The summed E-state index contributed by atoms with van der Waals surface area (Å²) in [5.41, 5.74) is 4.57. The number of benzene rings is 1. The lowest BCUT2D eigenvalue weighted by molar-refractivity contribution is 0.0948. The average Bonchev–Trinajstić information content (AvgIpc) is 3.32. The van der Waals surface area contributed by atoms with Gasteiger partial charge in [0, 0.05) is 19.2 Å². The van der Waals surface area contributed by atoms with Crippen LogP contribution >= 0.6 is 0 Å². The number of amides is 1. The maximum absolute atomic E-state index is 12.2. The second kappa shape index (κ2) is 7.41. The molecular weight excluding hydrogens is 342 g/mol. The van der Waals surface area contributed by atoms with Crippen LogP contribution < -0.4 is 5.32 Å². The second-order valence-electron chi connectivity index (χ2n) is 6.32. The third kappa shape index (κ3) is 3.87. The van der Waals surface area contributed by atoms with Crippen molar-refractivity contribution in [2.24, 2.45) is 0 Å². The van der Waals surface area contributed by atoms with Crippen LogP contribution in [0.15, 0.2) is 53.1 Å². The first-order chi connectivity index (χ1) is 13.2. The highest BCUT2D eigenvalue weighted by molar-refractivity contribution is 5.93. The maximum Gasteiger partial charge on any atom is 0.269 e. The van der Waals surface area contributed by atoms with E-state index in [4.69, 9.17) is 4.42 Å². The van der Waals surface area contributed by atoms with Gasteiger partial charge in [-0.05, 0) is 49.2 Å². The molecule has 0 radical (unpaired) electrons. The molecule has 0 aliphatic rings. The number of aromatic amines is 1. The van der Waals surface area contributed by atoms with Gasteiger partial charge in [-0.15, -0.1) is 0 Å². The number of carbonyl (C=O) groups is 1. The first kappa shape index (κ1) is 17.0. The van der Waals surface area contributed by atoms with Gasteiger partial charge in [0.05, 0.1) is 5.69 Å². The summed E-state index contributed by atoms with van der Waals surface area (Å²) in [6.45, 7) is 2.54. The van der Waals surface area contributed by atoms with Crippen LogP contribution in [0.3, 0.4) is 0 Å². The Morgan fingerprint density at radius 3 is 2.96 bits per heavy atom. The molecule has 27 heavy (non-hydrogen) atoms. The molecule has 0 unspecified atom stereocenters. The third-order valence-corrected chi connectivity index (χ3v) is 4.19. The lowest BCUT2D eigenvalue weighted by Crippen LogP contribution is -2.25. The number of nitrogens with one attached hydrogen (secondary N) is 2. The highest BCUT2D eigenvalue weighted by atomic mass is 16.3. The van der Waals surface area contributed by atoms with Gasteiger partial charge >= 0.3 is 0 Å². The summed E-state index contributed by atoms with van der Waals surface area (Å²) in [6, 6.07) is 13.2. The number of nitrogens with zero attached hydrogens (tertiary/aromatic N) is 3. The van der Waals surface area contributed by atoms with Crippen LogP contribution in [0.4, 0.5) is 0 Å². The van der Waals surface area contributed by atoms with E-state index in [1.54, 1.807) is 12.3 Å². The average molecular weight is 361 g/mol. The van der Waals surface area contributed by atoms with Crippen molar-refractivity contribution in [3.63, 3.8) is 0 Å². The van der Waals surface area contributed by atoms with E-state index < -0.39 is 0 Å². The molecule has 0 saturated carbocycles. The zero-order valence-corrected chi connectivity index (χ0v) is 14.9. The van der Waals surface area contributed by atoms with Crippen molar-refractivity contribution in [3.8, 4) is 11.4 Å². The fraction of sp³-hybridized carbons (Fsp3) is 0.200. The van der Waals surface area contributed by atoms with E-state index in [9.17, 15) is 4.79 Å². The summed E-state index contributed by atoms with van der Waals surface area (Å²) in [7, 11) is 0. The highest BCUT2D eigenvalue weighted by Crippen LogP contribution is 2.18. The standard InChI is InChI=1S/C20H19N5O2/c1-13-7-8-15-18(11-13)27-19(23-15)6-4-10-22-20(26)17-12-16(24-25-17)14-5-2-3-9-21-14/h2-3,5,7-9,11-12H,4,6,10H2,1H3,(H,22,26)(H,24,25). The highest BCUT2D eigenvalue weighted by Gasteiger charge is 2.11. The number of fused-ring (bicyclic) bond motifs is 1. The molecule has 2 N–H and O–H groups in total. The Balaban J connectivity index is 1.30. The zero-order chi connectivity index (χ0) is 18.6. The van der Waals surface area contributed by atoms with Crippen molar-refractivity contribution in [1.29, 1.82) is 0 Å². The van der Waals surface area contributed by atoms with Crippen molar-refractivity contribution in [3.05, 3.63) is 65.8 Å². The van der Waals surface area contributed by atoms with Gasteiger partial charge in [-0.25, -0.2) is 4.98 Å². The van der Waals surface area contributed by atoms with Gasteiger partial charge in [-0.1, -0.05) is 12.1 Å². The van der Waals surface area contributed by atoms with Crippen LogP contribution in [0.2, 0.25) is 0 Å². The van der Waals surface area contributed by atoms with Crippen LogP contribution in [0.25, 0.3) is 22.5 Å². The van der Waals surface area contributed by atoms with E-state index in [-0.39, 0.29) is 5.91 Å². The first-order valence-electron chi connectivity index (χ1n) is 8.80. The number of hydrogen-bond acceptors (Lipinski definition) is 5. The van der Waals surface area contributed by atoms with Crippen molar-refractivity contribution in [2.75, 3.05) is 6.54 Å². The molecule has 3 heterocycles. The number of pyridine rings is 1. The second-order valence-corrected chi connectivity index (χ2v) is 6.32. The van der Waals surface area contributed by atoms with Crippen LogP contribution in [-0.4, -0.2) is 32.6 Å². The molecule has 3 aromatic heterocycles. The molecule has 0 saturated heterocycles. The molecule has 0 spiro atoms. The number of oxazole rings is 1. The predicted molar refractivity (Wildman–Crippen MR) is 101 cm³/mol. The molecular formula is C20H19N5O2. The summed E-state index contributed by atoms with van der Waals surface area (Å²) >= 11 is 0. The third-order valence-electron chi connectivity index (χ3n) is 4.19. The molecule has 1 aromatic carbocycles. The fourth-order valence-electron chi connectivity index (χ4n) is 2.81. The Labute approximate surface area is 155 Å². The molecule has 4 aromatic rings. The van der Waals surface area contributed by atoms with Crippen LogP contribution in [0, 0.1) is 6.92 Å². The van der Waals surface area contributed by atoms with Crippen molar-refractivity contribution in [1.82, 2.24) is 25.5 Å². The lowest BCUT2D eigenvalue weighted by atomic mass is 10.2. The summed E-state index contributed by atoms with van der Waals surface area (Å²) in [6.07, 6.45) is 3.09. The molecule has 7 heteroatoms. The van der Waals surface area contributed by atoms with Crippen LogP contribution in [0.1, 0.15) is 28.4 Å². The van der Waals surface area contributed by atoms with Gasteiger partial charge in [-0.3, -0.25) is 14.9 Å². The Bertz CT molecular complexity index is 1070. The largest absolute Gasteiger partial charge is 0.441 e. The van der Waals surface area contributed by atoms with Crippen molar-refractivity contribution >= 4 is 17.0 Å². The van der Waals surface area contributed by atoms with Gasteiger partial charge in [-0.2, -0.15) is 5.10 Å².